The van der Waals surface area contributed by atoms with Crippen molar-refractivity contribution in [1.82, 2.24) is 19.6 Å². The van der Waals surface area contributed by atoms with Gasteiger partial charge in [0.25, 0.3) is 0 Å². The van der Waals surface area contributed by atoms with Crippen LogP contribution in [0.4, 0.5) is 20.3 Å². The molecule has 4 unspecified atom stereocenters. The summed E-state index contributed by atoms with van der Waals surface area (Å²) in [6.07, 6.45) is -5.44. The normalized spacial score (nSPS) is 20.7. The van der Waals surface area contributed by atoms with Crippen molar-refractivity contribution in [3.63, 3.8) is 0 Å². The van der Waals surface area contributed by atoms with Gasteiger partial charge in [0.05, 0.1) is 33.4 Å². The van der Waals surface area contributed by atoms with Crippen LogP contribution < -0.4 is 21.2 Å². The van der Waals surface area contributed by atoms with Crippen molar-refractivity contribution in [3.05, 3.63) is 79.8 Å². The standard InChI is InChI=1S/C26H27F2N6O9PS/c1-3-30-44(39,41-13-20-23(35)26(27,28)24(43-20)33-9-8-22(29)32-25(33)36)40-12-15-4-7-18(34(37)38)19(10-15)42-16-5-6-17-21(11-16)45-14(2)31-17/h4-11,20,23-24,35H,3,12-13H2,1-2H3,(H,30,39)(H2,29,32,36). The molecule has 5 rings (SSSR count). The molecule has 45 heavy (non-hydrogen) atoms. The molecule has 0 amide bonds. The summed E-state index contributed by atoms with van der Waals surface area (Å²) < 4.78 is 66.4. The monoisotopic (exact) mass is 668 g/mol. The predicted octanol–water partition coefficient (Wildman–Crippen LogP) is 4.29. The molecule has 0 spiro atoms. The fraction of sp³-hybridized carbons (Fsp3) is 0.346. The van der Waals surface area contributed by atoms with Crippen LogP contribution >= 0.6 is 19.1 Å². The Labute approximate surface area is 257 Å². The number of nitrogen functional groups attached to an aromatic ring is 1. The maximum atomic E-state index is 14.9. The summed E-state index contributed by atoms with van der Waals surface area (Å²) in [7, 11) is -4.21. The minimum absolute atomic E-state index is 0.0742. The molecule has 0 radical (unpaired) electrons. The second-order valence-electron chi connectivity index (χ2n) is 9.79. The summed E-state index contributed by atoms with van der Waals surface area (Å²) in [5.41, 5.74) is 5.03. The molecule has 4 N–H and O–H groups in total. The molecule has 0 bridgehead atoms. The summed E-state index contributed by atoms with van der Waals surface area (Å²) >= 11 is 1.43. The average molecular weight is 669 g/mol. The number of nitro groups is 1. The lowest BCUT2D eigenvalue weighted by atomic mass is 10.1. The predicted molar refractivity (Wildman–Crippen MR) is 157 cm³/mol. The number of ether oxygens (including phenoxy) is 2. The van der Waals surface area contributed by atoms with E-state index in [-0.39, 0.29) is 23.8 Å². The number of hydrogen-bond donors (Lipinski definition) is 3. The van der Waals surface area contributed by atoms with Crippen molar-refractivity contribution in [1.29, 1.82) is 0 Å². The van der Waals surface area contributed by atoms with E-state index in [4.69, 9.17) is 24.3 Å². The maximum absolute atomic E-state index is 14.9. The van der Waals surface area contributed by atoms with Gasteiger partial charge in [0.1, 0.15) is 17.7 Å². The molecule has 3 heterocycles. The molecule has 0 aliphatic carbocycles. The van der Waals surface area contributed by atoms with Crippen LogP contribution in [0.3, 0.4) is 0 Å². The van der Waals surface area contributed by atoms with Gasteiger partial charge in [-0.1, -0.05) is 6.92 Å². The molecule has 1 aliphatic heterocycles. The van der Waals surface area contributed by atoms with Crippen LogP contribution in [-0.2, 0) is 25.0 Å². The van der Waals surface area contributed by atoms with Gasteiger partial charge in [-0.05, 0) is 42.8 Å². The molecular formula is C26H27F2N6O9PS. The quantitative estimate of drug-likeness (QED) is 0.110. The van der Waals surface area contributed by atoms with E-state index < -0.39 is 55.9 Å². The SMILES string of the molecule is CCNP(=O)(OCc1ccc([N+](=O)[O-])c(Oc2ccc3nc(C)sc3c2)c1)OCC1OC(n2ccc(N)nc2=O)C(F)(F)C1O. The van der Waals surface area contributed by atoms with Crippen LogP contribution in [0.15, 0.2) is 53.5 Å². The van der Waals surface area contributed by atoms with Crippen molar-refractivity contribution in [2.24, 2.45) is 0 Å². The Morgan fingerprint density at radius 1 is 1.24 bits per heavy atom. The number of nitrogens with two attached hydrogens (primary N) is 1. The lowest BCUT2D eigenvalue weighted by Crippen LogP contribution is -2.42. The van der Waals surface area contributed by atoms with Crippen molar-refractivity contribution < 1.29 is 41.9 Å². The largest absolute Gasteiger partial charge is 0.450 e. The Balaban J connectivity index is 1.29. The van der Waals surface area contributed by atoms with E-state index in [1.165, 1.54) is 29.5 Å². The zero-order valence-corrected chi connectivity index (χ0v) is 25.4. The number of nitro benzene ring substituents is 1. The summed E-state index contributed by atoms with van der Waals surface area (Å²) in [6.45, 7) is 2.30. The van der Waals surface area contributed by atoms with Gasteiger partial charge in [-0.25, -0.2) is 19.4 Å². The number of nitrogens with zero attached hydrogens (tertiary/aromatic N) is 4. The van der Waals surface area contributed by atoms with Crippen LogP contribution in [0.1, 0.15) is 23.7 Å². The lowest BCUT2D eigenvalue weighted by molar-refractivity contribution is -0.385. The van der Waals surface area contributed by atoms with Gasteiger partial charge in [-0.3, -0.25) is 23.7 Å². The van der Waals surface area contributed by atoms with E-state index in [0.717, 1.165) is 27.5 Å². The number of hydrogen-bond acceptors (Lipinski definition) is 13. The summed E-state index contributed by atoms with van der Waals surface area (Å²) in [4.78, 5) is 30.9. The summed E-state index contributed by atoms with van der Waals surface area (Å²) in [5, 5.41) is 25.3. The molecule has 2 aromatic heterocycles. The number of fused-ring (bicyclic) bond motifs is 1. The highest BCUT2D eigenvalue weighted by Crippen LogP contribution is 2.48. The number of aliphatic hydroxyl groups is 1. The van der Waals surface area contributed by atoms with Gasteiger partial charge in [0.15, 0.2) is 6.10 Å². The molecule has 19 heteroatoms. The highest BCUT2D eigenvalue weighted by molar-refractivity contribution is 7.51. The highest BCUT2D eigenvalue weighted by Gasteiger charge is 2.60. The van der Waals surface area contributed by atoms with E-state index in [9.17, 15) is 33.4 Å². The third-order valence-electron chi connectivity index (χ3n) is 6.56. The molecule has 1 saturated heterocycles. The van der Waals surface area contributed by atoms with Gasteiger partial charge in [-0.2, -0.15) is 13.8 Å². The highest BCUT2D eigenvalue weighted by atomic mass is 32.1. The lowest BCUT2D eigenvalue weighted by Gasteiger charge is -2.22. The first-order valence-corrected chi connectivity index (χ1v) is 15.7. The van der Waals surface area contributed by atoms with Crippen LogP contribution in [0.2, 0.25) is 0 Å². The molecule has 1 aliphatic rings. The van der Waals surface area contributed by atoms with Crippen molar-refractivity contribution in [2.75, 3.05) is 18.9 Å². The number of anilines is 1. The third kappa shape index (κ3) is 7.01. The second kappa shape index (κ2) is 12.8. The van der Waals surface area contributed by atoms with Crippen LogP contribution in [0, 0.1) is 17.0 Å². The van der Waals surface area contributed by atoms with Gasteiger partial charge in [0, 0.05) is 24.9 Å². The number of aliphatic hydroxyl groups excluding tert-OH is 1. The Bertz CT molecular complexity index is 1840. The number of alkyl halides is 2. The van der Waals surface area contributed by atoms with Gasteiger partial charge in [0.2, 0.25) is 12.0 Å². The number of halogens is 2. The zero-order chi connectivity index (χ0) is 32.5. The third-order valence-corrected chi connectivity index (χ3v) is 9.16. The first kappa shape index (κ1) is 32.5. The number of thiazole rings is 1. The number of aryl methyl sites for hydroxylation is 1. The number of benzene rings is 2. The Morgan fingerprint density at radius 3 is 2.73 bits per heavy atom. The molecule has 4 atom stereocenters. The molecule has 4 aromatic rings. The fourth-order valence-electron chi connectivity index (χ4n) is 4.46. The Hall–Kier alpha value is -3.90. The molecule has 0 saturated carbocycles. The first-order chi connectivity index (χ1) is 21.3. The molecular weight excluding hydrogens is 641 g/mol. The topological polar surface area (TPSA) is 203 Å². The smallest absolute Gasteiger partial charge is 0.405 e. The van der Waals surface area contributed by atoms with Gasteiger partial charge < -0.3 is 20.3 Å². The van der Waals surface area contributed by atoms with Gasteiger partial charge in [-0.15, -0.1) is 11.3 Å². The second-order valence-corrected chi connectivity index (χ2v) is 12.9. The van der Waals surface area contributed by atoms with E-state index in [2.05, 4.69) is 15.1 Å². The molecule has 2 aromatic carbocycles. The van der Waals surface area contributed by atoms with Crippen molar-refractivity contribution >= 4 is 40.8 Å². The number of aromatic nitrogens is 3. The average Bonchev–Trinajstić information content (AvgIpc) is 3.45. The maximum Gasteiger partial charge on any atom is 0.405 e. The van der Waals surface area contributed by atoms with E-state index in [0.29, 0.717) is 15.9 Å². The van der Waals surface area contributed by atoms with Gasteiger partial charge >= 0.3 is 25.0 Å². The number of rotatable bonds is 12. The first-order valence-electron chi connectivity index (χ1n) is 13.3. The number of nitrogens with one attached hydrogen (secondary N) is 1. The Morgan fingerprint density at radius 2 is 2.02 bits per heavy atom. The minimum atomic E-state index is -4.21. The minimum Gasteiger partial charge on any atom is -0.450 e. The van der Waals surface area contributed by atoms with E-state index in [1.807, 2.05) is 6.92 Å². The molecule has 1 fully saturated rings. The van der Waals surface area contributed by atoms with Crippen LogP contribution in [0.25, 0.3) is 10.2 Å². The van der Waals surface area contributed by atoms with E-state index >= 15 is 0 Å². The fourth-order valence-corrected chi connectivity index (χ4v) is 6.62. The molecule has 15 nitrogen and oxygen atoms in total. The van der Waals surface area contributed by atoms with Crippen molar-refractivity contribution in [2.45, 2.75) is 44.8 Å². The van der Waals surface area contributed by atoms with Crippen molar-refractivity contribution in [3.8, 4) is 11.5 Å². The van der Waals surface area contributed by atoms with Crippen LogP contribution in [0.5, 0.6) is 11.5 Å². The van der Waals surface area contributed by atoms with Crippen LogP contribution in [-0.4, -0.2) is 55.8 Å². The molecule has 240 valence electrons. The summed E-state index contributed by atoms with van der Waals surface area (Å²) in [6, 6.07) is 10.1. The van der Waals surface area contributed by atoms with E-state index in [1.54, 1.807) is 25.1 Å². The zero-order valence-electron chi connectivity index (χ0n) is 23.7. The summed E-state index contributed by atoms with van der Waals surface area (Å²) in [5.74, 6) is -3.92. The Kier molecular flexibility index (Phi) is 9.27.